The normalized spacial score (nSPS) is 20.5. The lowest BCUT2D eigenvalue weighted by Gasteiger charge is -2.20. The van der Waals surface area contributed by atoms with E-state index in [4.69, 9.17) is 14.0 Å². The van der Waals surface area contributed by atoms with Gasteiger partial charge >= 0.3 is 0 Å². The quantitative estimate of drug-likeness (QED) is 0.882. The molecule has 2 heterocycles. The van der Waals surface area contributed by atoms with Crippen LogP contribution in [0.4, 0.5) is 0 Å². The summed E-state index contributed by atoms with van der Waals surface area (Å²) < 4.78 is 16.4. The van der Waals surface area contributed by atoms with Crippen LogP contribution < -0.4 is 10.1 Å². The van der Waals surface area contributed by atoms with Crippen molar-refractivity contribution >= 4 is 0 Å². The van der Waals surface area contributed by atoms with Gasteiger partial charge in [-0.2, -0.15) is 0 Å². The van der Waals surface area contributed by atoms with Gasteiger partial charge in [-0.15, -0.1) is 0 Å². The van der Waals surface area contributed by atoms with Gasteiger partial charge in [0.2, 0.25) is 0 Å². The summed E-state index contributed by atoms with van der Waals surface area (Å²) in [7, 11) is 1.71. The van der Waals surface area contributed by atoms with Crippen molar-refractivity contribution in [3.63, 3.8) is 0 Å². The van der Waals surface area contributed by atoms with Crippen molar-refractivity contribution in [3.8, 4) is 5.75 Å². The van der Waals surface area contributed by atoms with Crippen molar-refractivity contribution in [1.29, 1.82) is 0 Å². The summed E-state index contributed by atoms with van der Waals surface area (Å²) >= 11 is 0. The van der Waals surface area contributed by atoms with E-state index in [1.165, 1.54) is 16.7 Å². The van der Waals surface area contributed by atoms with Crippen LogP contribution in [0.5, 0.6) is 5.75 Å². The van der Waals surface area contributed by atoms with Crippen molar-refractivity contribution in [1.82, 2.24) is 10.5 Å². The Morgan fingerprint density at radius 1 is 1.21 bits per heavy atom. The van der Waals surface area contributed by atoms with Crippen molar-refractivity contribution in [2.24, 2.45) is 5.92 Å². The van der Waals surface area contributed by atoms with Crippen LogP contribution in [-0.2, 0) is 17.7 Å². The van der Waals surface area contributed by atoms with Crippen LogP contribution in [0.3, 0.4) is 0 Å². The van der Waals surface area contributed by atoms with Crippen LogP contribution in [0.2, 0.25) is 0 Å². The molecule has 1 N–H and O–H groups in total. The largest absolute Gasteiger partial charge is 0.496 e. The number of benzene rings is 1. The van der Waals surface area contributed by atoms with Gasteiger partial charge in [0.15, 0.2) is 0 Å². The molecule has 1 fully saturated rings. The number of nitrogens with one attached hydrogen (secondary N) is 1. The predicted octanol–water partition coefficient (Wildman–Crippen LogP) is 2.96. The molecule has 0 radical (unpaired) electrons. The number of ether oxygens (including phenoxy) is 2. The van der Waals surface area contributed by atoms with Crippen LogP contribution >= 0.6 is 0 Å². The van der Waals surface area contributed by atoms with Gasteiger partial charge in [0.25, 0.3) is 0 Å². The van der Waals surface area contributed by atoms with Gasteiger partial charge in [0.05, 0.1) is 26.0 Å². The van der Waals surface area contributed by atoms with Gasteiger partial charge in [0, 0.05) is 31.0 Å². The van der Waals surface area contributed by atoms with E-state index in [0.29, 0.717) is 12.0 Å². The SMILES string of the molecule is COc1ccc(CN[C@@H]2COC[C@H]2Cc2cc(C)no2)c(C)c1C. The summed E-state index contributed by atoms with van der Waals surface area (Å²) in [6.45, 7) is 8.53. The molecule has 1 aromatic carbocycles. The summed E-state index contributed by atoms with van der Waals surface area (Å²) in [5.41, 5.74) is 4.71. The molecule has 1 saturated heterocycles. The highest BCUT2D eigenvalue weighted by molar-refractivity contribution is 5.43. The molecule has 5 nitrogen and oxygen atoms in total. The zero-order chi connectivity index (χ0) is 17.1. The molecule has 3 rings (SSSR count). The second-order valence-electron chi connectivity index (χ2n) is 6.60. The van der Waals surface area contributed by atoms with Gasteiger partial charge in [-0.25, -0.2) is 0 Å². The third-order valence-corrected chi connectivity index (χ3v) is 4.96. The van der Waals surface area contributed by atoms with E-state index in [-0.39, 0.29) is 0 Å². The minimum Gasteiger partial charge on any atom is -0.496 e. The number of aryl methyl sites for hydroxylation is 1. The van der Waals surface area contributed by atoms with E-state index >= 15 is 0 Å². The Bertz CT molecular complexity index is 696. The Hall–Kier alpha value is -1.85. The van der Waals surface area contributed by atoms with Crippen molar-refractivity contribution < 1.29 is 14.0 Å². The van der Waals surface area contributed by atoms with Crippen molar-refractivity contribution in [2.45, 2.75) is 39.8 Å². The van der Waals surface area contributed by atoms with Gasteiger partial charge < -0.3 is 19.3 Å². The maximum Gasteiger partial charge on any atom is 0.137 e. The van der Waals surface area contributed by atoms with E-state index in [9.17, 15) is 0 Å². The first-order chi connectivity index (χ1) is 11.6. The van der Waals surface area contributed by atoms with E-state index < -0.39 is 0 Å². The highest BCUT2D eigenvalue weighted by atomic mass is 16.5. The Kier molecular flexibility index (Phi) is 5.21. The van der Waals surface area contributed by atoms with E-state index in [0.717, 1.165) is 43.4 Å². The first-order valence-corrected chi connectivity index (χ1v) is 8.45. The molecular weight excluding hydrogens is 304 g/mol. The summed E-state index contributed by atoms with van der Waals surface area (Å²) in [5.74, 6) is 2.29. The number of hydrogen-bond donors (Lipinski definition) is 1. The second kappa shape index (κ2) is 7.36. The summed E-state index contributed by atoms with van der Waals surface area (Å²) in [6.07, 6.45) is 0.860. The fraction of sp³-hybridized carbons (Fsp3) is 0.526. The molecule has 2 aromatic rings. The molecule has 1 aromatic heterocycles. The lowest BCUT2D eigenvalue weighted by atomic mass is 9.97. The fourth-order valence-electron chi connectivity index (χ4n) is 3.30. The average molecular weight is 330 g/mol. The zero-order valence-corrected chi connectivity index (χ0v) is 14.9. The van der Waals surface area contributed by atoms with Crippen LogP contribution in [0.15, 0.2) is 22.7 Å². The third-order valence-electron chi connectivity index (χ3n) is 4.96. The highest BCUT2D eigenvalue weighted by Gasteiger charge is 2.29. The van der Waals surface area contributed by atoms with Crippen LogP contribution in [0.1, 0.15) is 28.1 Å². The molecule has 0 amide bonds. The summed E-state index contributed by atoms with van der Waals surface area (Å²) in [4.78, 5) is 0. The fourth-order valence-corrected chi connectivity index (χ4v) is 3.30. The first-order valence-electron chi connectivity index (χ1n) is 8.45. The van der Waals surface area contributed by atoms with Gasteiger partial charge in [-0.1, -0.05) is 11.2 Å². The highest BCUT2D eigenvalue weighted by Crippen LogP contribution is 2.25. The number of nitrogens with zero attached hydrogens (tertiary/aromatic N) is 1. The molecule has 24 heavy (non-hydrogen) atoms. The summed E-state index contributed by atoms with van der Waals surface area (Å²) in [6, 6.07) is 6.52. The number of rotatable bonds is 6. The zero-order valence-electron chi connectivity index (χ0n) is 14.9. The summed E-state index contributed by atoms with van der Waals surface area (Å²) in [5, 5.41) is 7.62. The molecule has 5 heteroatoms. The maximum atomic E-state index is 5.68. The molecular formula is C19H26N2O3. The topological polar surface area (TPSA) is 56.5 Å². The molecule has 0 saturated carbocycles. The first kappa shape index (κ1) is 17.0. The van der Waals surface area contributed by atoms with E-state index in [1.807, 2.05) is 19.1 Å². The van der Waals surface area contributed by atoms with Crippen LogP contribution in [0.25, 0.3) is 0 Å². The van der Waals surface area contributed by atoms with Crippen molar-refractivity contribution in [3.05, 3.63) is 46.3 Å². The molecule has 130 valence electrons. The standard InChI is InChI=1S/C19H26N2O3/c1-12-7-17(24-21-12)8-16-10-23-11-18(16)20-9-15-5-6-19(22-4)14(3)13(15)2/h5-7,16,18,20H,8-11H2,1-4H3/t16-,18-/m1/s1. The van der Waals surface area contributed by atoms with Gasteiger partial charge in [-0.05, 0) is 43.5 Å². The molecule has 0 unspecified atom stereocenters. The van der Waals surface area contributed by atoms with E-state index in [1.54, 1.807) is 7.11 Å². The van der Waals surface area contributed by atoms with Gasteiger partial charge in [-0.3, -0.25) is 0 Å². The molecule has 0 spiro atoms. The second-order valence-corrected chi connectivity index (χ2v) is 6.60. The molecule has 0 aliphatic carbocycles. The Morgan fingerprint density at radius 3 is 2.75 bits per heavy atom. The Balaban J connectivity index is 1.62. The molecule has 0 bridgehead atoms. The monoisotopic (exact) mass is 330 g/mol. The number of hydrogen-bond acceptors (Lipinski definition) is 5. The number of aromatic nitrogens is 1. The minimum absolute atomic E-state index is 0.331. The predicted molar refractivity (Wildman–Crippen MR) is 92.3 cm³/mol. The van der Waals surface area contributed by atoms with Crippen LogP contribution in [0, 0.1) is 26.7 Å². The molecule has 1 aliphatic heterocycles. The van der Waals surface area contributed by atoms with Gasteiger partial charge in [0.1, 0.15) is 11.5 Å². The third kappa shape index (κ3) is 3.62. The number of methoxy groups -OCH3 is 1. The van der Waals surface area contributed by atoms with Crippen molar-refractivity contribution in [2.75, 3.05) is 20.3 Å². The average Bonchev–Trinajstić information content (AvgIpc) is 3.18. The Morgan fingerprint density at radius 2 is 2.04 bits per heavy atom. The molecule has 1 aliphatic rings. The van der Waals surface area contributed by atoms with E-state index in [2.05, 4.69) is 30.4 Å². The maximum absolute atomic E-state index is 5.68. The Labute approximate surface area is 143 Å². The van der Waals surface area contributed by atoms with Crippen LogP contribution in [-0.4, -0.2) is 31.5 Å². The minimum atomic E-state index is 0.331. The molecule has 2 atom stereocenters. The lowest BCUT2D eigenvalue weighted by molar-refractivity contribution is 0.181. The smallest absolute Gasteiger partial charge is 0.137 e. The lowest BCUT2D eigenvalue weighted by Crippen LogP contribution is -2.36.